The number of unbranched alkanes of at least 4 members (excludes halogenated alkanes) is 1. The van der Waals surface area contributed by atoms with Gasteiger partial charge in [0.25, 0.3) is 0 Å². The third kappa shape index (κ3) is 17.6. The zero-order valence-corrected chi connectivity index (χ0v) is 21.2. The summed E-state index contributed by atoms with van der Waals surface area (Å²) in [5, 5.41) is 15.3. The third-order valence-electron chi connectivity index (χ3n) is 5.42. The Kier molecular flexibility index (Phi) is 18.5. The molecule has 5 nitrogen and oxygen atoms in total. The van der Waals surface area contributed by atoms with Crippen LogP contribution in [0.15, 0.2) is 60.4 Å². The van der Waals surface area contributed by atoms with Crippen molar-refractivity contribution in [3.05, 3.63) is 60.4 Å². The lowest BCUT2D eigenvalue weighted by Crippen LogP contribution is -2.27. The molecule has 0 fully saturated rings. The molecule has 4 N–H and O–H groups in total. The van der Waals surface area contributed by atoms with Crippen LogP contribution in [0.2, 0.25) is 0 Å². The molecule has 0 radical (unpaired) electrons. The number of allylic oxidation sites excluding steroid dienone is 5. The average Bonchev–Trinajstić information content (AvgIpc) is 2.81. The van der Waals surface area contributed by atoms with Crippen molar-refractivity contribution in [2.75, 3.05) is 13.1 Å². The Balaban J connectivity index is 3.97. The molecule has 0 aromatic carbocycles. The molecule has 2 unspecified atom stereocenters. The molecular weight excluding hydrogens is 408 g/mol. The van der Waals surface area contributed by atoms with Crippen molar-refractivity contribution < 1.29 is 4.79 Å². The molecule has 0 rings (SSSR count). The Labute approximate surface area is 202 Å². The van der Waals surface area contributed by atoms with Gasteiger partial charge < -0.3 is 16.4 Å². The average molecular weight is 455 g/mol. The predicted octanol–water partition coefficient (Wildman–Crippen LogP) is 5.84. The molecule has 0 aromatic heterocycles. The summed E-state index contributed by atoms with van der Waals surface area (Å²) < 4.78 is 0. The van der Waals surface area contributed by atoms with E-state index in [0.717, 1.165) is 69.2 Å². The van der Waals surface area contributed by atoms with E-state index in [1.165, 1.54) is 5.57 Å². The van der Waals surface area contributed by atoms with Gasteiger partial charge in [0, 0.05) is 37.2 Å². The molecule has 0 aliphatic carbocycles. The highest BCUT2D eigenvalue weighted by Gasteiger charge is 2.07. The first-order chi connectivity index (χ1) is 15.8. The molecule has 0 bridgehead atoms. The maximum atomic E-state index is 11.2. The fourth-order valence-corrected chi connectivity index (χ4v) is 3.21. The molecule has 0 saturated carbocycles. The van der Waals surface area contributed by atoms with Gasteiger partial charge >= 0.3 is 0 Å². The second-order valence-electron chi connectivity index (χ2n) is 8.51. The molecule has 5 heteroatoms. The van der Waals surface area contributed by atoms with E-state index in [2.05, 4.69) is 68.0 Å². The van der Waals surface area contributed by atoms with E-state index in [4.69, 9.17) is 11.0 Å². The molecule has 0 aliphatic heterocycles. The van der Waals surface area contributed by atoms with E-state index in [9.17, 15) is 4.79 Å². The summed E-state index contributed by atoms with van der Waals surface area (Å²) in [6, 6.07) is 2.36. The SMILES string of the molecule is C=C(/C=C/CCCC(=C)C(N)CCCNC(=O)CC)NC/C=C/C(C)=C/CC(C#N)CCC. The Morgan fingerprint density at radius 2 is 1.88 bits per heavy atom. The first kappa shape index (κ1) is 30.4. The highest BCUT2D eigenvalue weighted by Crippen LogP contribution is 2.13. The number of hydrogen-bond donors (Lipinski definition) is 3. The molecule has 0 aromatic rings. The van der Waals surface area contributed by atoms with Gasteiger partial charge in [-0.25, -0.2) is 0 Å². The lowest BCUT2D eigenvalue weighted by molar-refractivity contribution is -0.120. The van der Waals surface area contributed by atoms with Crippen LogP contribution < -0.4 is 16.4 Å². The minimum Gasteiger partial charge on any atom is -0.382 e. The van der Waals surface area contributed by atoms with E-state index in [1.807, 2.05) is 13.0 Å². The number of rotatable bonds is 19. The maximum absolute atomic E-state index is 11.2. The molecule has 2 atom stereocenters. The number of amides is 1. The molecule has 0 saturated heterocycles. The topological polar surface area (TPSA) is 90.9 Å². The van der Waals surface area contributed by atoms with Crippen LogP contribution in [0.25, 0.3) is 0 Å². The van der Waals surface area contributed by atoms with Crippen molar-refractivity contribution >= 4 is 5.91 Å². The van der Waals surface area contributed by atoms with E-state index >= 15 is 0 Å². The van der Waals surface area contributed by atoms with Gasteiger partial charge in [-0.15, -0.1) is 0 Å². The predicted molar refractivity (Wildman–Crippen MR) is 141 cm³/mol. The van der Waals surface area contributed by atoms with E-state index in [-0.39, 0.29) is 17.9 Å². The van der Waals surface area contributed by atoms with Crippen LogP contribution in [0.1, 0.15) is 78.6 Å². The minimum atomic E-state index is -0.00846. The summed E-state index contributed by atoms with van der Waals surface area (Å²) in [4.78, 5) is 11.2. The highest BCUT2D eigenvalue weighted by atomic mass is 16.1. The lowest BCUT2D eigenvalue weighted by Gasteiger charge is -2.14. The number of nitrogens with one attached hydrogen (secondary N) is 2. The van der Waals surface area contributed by atoms with E-state index in [1.54, 1.807) is 0 Å². The van der Waals surface area contributed by atoms with Crippen LogP contribution in [0, 0.1) is 17.2 Å². The highest BCUT2D eigenvalue weighted by molar-refractivity contribution is 5.75. The van der Waals surface area contributed by atoms with Crippen LogP contribution in [-0.4, -0.2) is 25.0 Å². The van der Waals surface area contributed by atoms with Gasteiger partial charge in [0.2, 0.25) is 5.91 Å². The van der Waals surface area contributed by atoms with Gasteiger partial charge in [-0.1, -0.05) is 68.9 Å². The molecule has 33 heavy (non-hydrogen) atoms. The van der Waals surface area contributed by atoms with Gasteiger partial charge in [-0.05, 0) is 57.9 Å². The number of hydrogen-bond acceptors (Lipinski definition) is 4. The molecule has 0 aliphatic rings. The Hall–Kier alpha value is -2.58. The Morgan fingerprint density at radius 3 is 2.55 bits per heavy atom. The van der Waals surface area contributed by atoms with Crippen LogP contribution >= 0.6 is 0 Å². The monoisotopic (exact) mass is 454 g/mol. The van der Waals surface area contributed by atoms with Gasteiger partial charge in [-0.3, -0.25) is 4.79 Å². The van der Waals surface area contributed by atoms with Crippen molar-refractivity contribution in [2.45, 2.75) is 84.6 Å². The number of carbonyl (C=O) groups is 1. The molecule has 1 amide bonds. The summed E-state index contributed by atoms with van der Waals surface area (Å²) in [5.74, 6) is 0.204. The summed E-state index contributed by atoms with van der Waals surface area (Å²) in [6.45, 7) is 15.6. The summed E-state index contributed by atoms with van der Waals surface area (Å²) in [5.41, 5.74) is 9.34. The summed E-state index contributed by atoms with van der Waals surface area (Å²) in [7, 11) is 0. The van der Waals surface area contributed by atoms with Gasteiger partial charge in [0.05, 0.1) is 6.07 Å². The normalized spacial score (nSPS) is 13.6. The van der Waals surface area contributed by atoms with Crippen LogP contribution in [0.4, 0.5) is 0 Å². The minimum absolute atomic E-state index is 0.00846. The number of carbonyl (C=O) groups excluding carboxylic acids is 1. The molecular formula is C28H46N4O. The number of nitrogens with two attached hydrogens (primary N) is 1. The standard InChI is InChI=1S/C28H46N4O/c1-6-13-26(22-29)19-18-23(3)14-11-20-31-25(5)16-10-8-9-15-24(4)27(30)17-12-21-32-28(33)7-2/h10-11,14,16,18,26-27,31H,4-9,12-13,15,17,19-21,30H2,1-3H3,(H,32,33)/b14-11+,16-10+,23-18+. The molecule has 0 heterocycles. The Bertz CT molecular complexity index is 712. The van der Waals surface area contributed by atoms with Crippen molar-refractivity contribution in [2.24, 2.45) is 11.7 Å². The second kappa shape index (κ2) is 20.1. The molecule has 184 valence electrons. The fourth-order valence-electron chi connectivity index (χ4n) is 3.21. The van der Waals surface area contributed by atoms with Gasteiger partial charge in [-0.2, -0.15) is 5.26 Å². The lowest BCUT2D eigenvalue weighted by atomic mass is 9.99. The van der Waals surface area contributed by atoms with Crippen LogP contribution in [-0.2, 0) is 4.79 Å². The number of nitrogens with zero attached hydrogens (tertiary/aromatic N) is 1. The van der Waals surface area contributed by atoms with E-state index < -0.39 is 0 Å². The third-order valence-corrected chi connectivity index (χ3v) is 5.42. The first-order valence-corrected chi connectivity index (χ1v) is 12.4. The number of nitriles is 1. The maximum Gasteiger partial charge on any atom is 0.219 e. The van der Waals surface area contributed by atoms with Crippen molar-refractivity contribution in [3.8, 4) is 6.07 Å². The largest absolute Gasteiger partial charge is 0.382 e. The first-order valence-electron chi connectivity index (χ1n) is 12.4. The second-order valence-corrected chi connectivity index (χ2v) is 8.51. The quantitative estimate of drug-likeness (QED) is 0.130. The zero-order valence-electron chi connectivity index (χ0n) is 21.2. The fraction of sp³-hybridized carbons (Fsp3) is 0.571. The molecule has 0 spiro atoms. The smallest absolute Gasteiger partial charge is 0.219 e. The van der Waals surface area contributed by atoms with E-state index in [0.29, 0.717) is 13.0 Å². The van der Waals surface area contributed by atoms with Crippen LogP contribution in [0.5, 0.6) is 0 Å². The zero-order chi connectivity index (χ0) is 24.9. The van der Waals surface area contributed by atoms with Crippen molar-refractivity contribution in [1.82, 2.24) is 10.6 Å². The van der Waals surface area contributed by atoms with Crippen molar-refractivity contribution in [1.29, 1.82) is 5.26 Å². The van der Waals surface area contributed by atoms with Crippen molar-refractivity contribution in [3.63, 3.8) is 0 Å². The summed E-state index contributed by atoms with van der Waals surface area (Å²) in [6.07, 6.45) is 18.4. The van der Waals surface area contributed by atoms with Gasteiger partial charge in [0.1, 0.15) is 0 Å². The Morgan fingerprint density at radius 1 is 1.12 bits per heavy atom. The van der Waals surface area contributed by atoms with Crippen LogP contribution in [0.3, 0.4) is 0 Å². The summed E-state index contributed by atoms with van der Waals surface area (Å²) >= 11 is 0. The van der Waals surface area contributed by atoms with Gasteiger partial charge in [0.15, 0.2) is 0 Å².